The van der Waals surface area contributed by atoms with E-state index in [4.69, 9.17) is 4.74 Å². The number of ether oxygens (including phenoxy) is 1. The number of amides is 1. The Morgan fingerprint density at radius 2 is 2.10 bits per heavy atom. The molecule has 0 saturated carbocycles. The fraction of sp³-hybridized carbons (Fsp3) is 0.261. The minimum atomic E-state index is -0.196. The molecule has 2 N–H and O–H groups in total. The third kappa shape index (κ3) is 3.43. The number of hydrogen-bond acceptors (Lipinski definition) is 4. The Labute approximate surface area is 172 Å². The van der Waals surface area contributed by atoms with Gasteiger partial charge in [0.05, 0.1) is 10.9 Å². The summed E-state index contributed by atoms with van der Waals surface area (Å²) < 4.78 is 7.34. The maximum absolute atomic E-state index is 12.6. The van der Waals surface area contributed by atoms with Gasteiger partial charge in [-0.25, -0.2) is 4.98 Å². The van der Waals surface area contributed by atoms with Gasteiger partial charge in [-0.1, -0.05) is 18.2 Å². The summed E-state index contributed by atoms with van der Waals surface area (Å²) in [7, 11) is 0. The number of aromatic amines is 1. The normalized spacial score (nSPS) is 12.9. The molecule has 2 aromatic heterocycles. The first-order valence-electron chi connectivity index (χ1n) is 10.2. The van der Waals surface area contributed by atoms with Crippen LogP contribution in [0.3, 0.4) is 0 Å². The Bertz CT molecular complexity index is 1310. The van der Waals surface area contributed by atoms with E-state index >= 15 is 0 Å². The largest absolute Gasteiger partial charge is 0.484 e. The summed E-state index contributed by atoms with van der Waals surface area (Å²) in [5, 5.41) is 4.58. The molecule has 7 heteroatoms. The zero-order valence-electron chi connectivity index (χ0n) is 16.5. The van der Waals surface area contributed by atoms with Crippen LogP contribution in [0, 0.1) is 0 Å². The van der Waals surface area contributed by atoms with Crippen molar-refractivity contribution in [2.75, 3.05) is 13.2 Å². The van der Waals surface area contributed by atoms with Crippen LogP contribution in [0.15, 0.2) is 53.5 Å². The minimum Gasteiger partial charge on any atom is -0.484 e. The Hall–Kier alpha value is -3.61. The molecule has 0 unspecified atom stereocenters. The number of aromatic nitrogens is 3. The van der Waals surface area contributed by atoms with Crippen molar-refractivity contribution in [3.63, 3.8) is 0 Å². The van der Waals surface area contributed by atoms with Crippen molar-refractivity contribution in [3.05, 3.63) is 70.4 Å². The van der Waals surface area contributed by atoms with Crippen LogP contribution in [0.25, 0.3) is 21.8 Å². The van der Waals surface area contributed by atoms with Gasteiger partial charge >= 0.3 is 0 Å². The maximum atomic E-state index is 12.6. The minimum absolute atomic E-state index is 0.0406. The molecular weight excluding hydrogens is 380 g/mol. The first-order valence-corrected chi connectivity index (χ1v) is 10.2. The second-order valence-electron chi connectivity index (χ2n) is 7.52. The number of fused-ring (bicyclic) bond motifs is 3. The lowest BCUT2D eigenvalue weighted by Gasteiger charge is -2.09. The zero-order valence-corrected chi connectivity index (χ0v) is 16.5. The smallest absolute Gasteiger partial charge is 0.261 e. The van der Waals surface area contributed by atoms with Crippen molar-refractivity contribution < 1.29 is 9.53 Å². The van der Waals surface area contributed by atoms with E-state index in [0.29, 0.717) is 29.7 Å². The molecule has 1 aliphatic rings. The van der Waals surface area contributed by atoms with Crippen molar-refractivity contribution in [1.29, 1.82) is 0 Å². The van der Waals surface area contributed by atoms with E-state index in [1.807, 2.05) is 24.4 Å². The number of benzene rings is 2. The molecule has 0 fully saturated rings. The Morgan fingerprint density at radius 3 is 3.03 bits per heavy atom. The molecule has 7 nitrogen and oxygen atoms in total. The fourth-order valence-corrected chi connectivity index (χ4v) is 4.03. The third-order valence-electron chi connectivity index (χ3n) is 5.55. The van der Waals surface area contributed by atoms with E-state index < -0.39 is 0 Å². The van der Waals surface area contributed by atoms with Crippen molar-refractivity contribution in [2.45, 2.75) is 25.8 Å². The lowest BCUT2D eigenvalue weighted by molar-refractivity contribution is -0.123. The van der Waals surface area contributed by atoms with Crippen LogP contribution < -0.4 is 15.6 Å². The van der Waals surface area contributed by atoms with Crippen LogP contribution >= 0.6 is 0 Å². The van der Waals surface area contributed by atoms with Crippen LogP contribution in [0.1, 0.15) is 17.8 Å². The number of rotatable bonds is 6. The van der Waals surface area contributed by atoms with E-state index in [2.05, 4.69) is 21.4 Å². The summed E-state index contributed by atoms with van der Waals surface area (Å²) in [6.45, 7) is 1.14. The third-order valence-corrected chi connectivity index (χ3v) is 5.55. The average molecular weight is 402 g/mol. The molecule has 4 aromatic rings. The van der Waals surface area contributed by atoms with Gasteiger partial charge in [-0.2, -0.15) is 0 Å². The summed E-state index contributed by atoms with van der Waals surface area (Å²) in [4.78, 5) is 32.6. The number of carbonyl (C=O) groups excluding carboxylic acids is 1. The summed E-state index contributed by atoms with van der Waals surface area (Å²) >= 11 is 0. The molecule has 5 rings (SSSR count). The number of aryl methyl sites for hydroxylation is 1. The molecule has 0 bridgehead atoms. The summed E-state index contributed by atoms with van der Waals surface area (Å²) in [6, 6.07) is 13.3. The molecule has 0 saturated heterocycles. The van der Waals surface area contributed by atoms with E-state index in [1.165, 1.54) is 10.9 Å². The summed E-state index contributed by atoms with van der Waals surface area (Å²) in [5.41, 5.74) is 2.89. The van der Waals surface area contributed by atoms with Gasteiger partial charge in [0.15, 0.2) is 6.61 Å². The molecule has 2 aromatic carbocycles. The van der Waals surface area contributed by atoms with Crippen LogP contribution in [0.5, 0.6) is 5.75 Å². The van der Waals surface area contributed by atoms with Gasteiger partial charge in [-0.05, 0) is 42.7 Å². The predicted molar refractivity (Wildman–Crippen MR) is 115 cm³/mol. The second-order valence-corrected chi connectivity index (χ2v) is 7.52. The number of H-pyrrole nitrogens is 1. The highest BCUT2D eigenvalue weighted by atomic mass is 16.5. The molecule has 0 spiro atoms. The monoisotopic (exact) mass is 402 g/mol. The van der Waals surface area contributed by atoms with E-state index in [0.717, 1.165) is 30.6 Å². The number of para-hydroxylation sites is 1. The second kappa shape index (κ2) is 7.67. The molecular formula is C23H22N4O3. The van der Waals surface area contributed by atoms with E-state index in [9.17, 15) is 9.59 Å². The maximum Gasteiger partial charge on any atom is 0.261 e. The van der Waals surface area contributed by atoms with Crippen molar-refractivity contribution in [3.8, 4) is 5.75 Å². The van der Waals surface area contributed by atoms with Gasteiger partial charge in [0, 0.05) is 36.6 Å². The zero-order chi connectivity index (χ0) is 20.5. The van der Waals surface area contributed by atoms with Crippen LogP contribution in [-0.4, -0.2) is 33.6 Å². The Morgan fingerprint density at radius 1 is 1.20 bits per heavy atom. The molecule has 152 valence electrons. The van der Waals surface area contributed by atoms with Gasteiger partial charge in [-0.3, -0.25) is 14.2 Å². The number of nitrogens with zero attached hydrogens (tertiary/aromatic N) is 2. The SMILES string of the molecule is O=C(COc1ccc2nc3n(c(=O)c2c1)CCC3)NCCc1c[nH]c2ccccc12. The number of hydrogen-bond donors (Lipinski definition) is 2. The van der Waals surface area contributed by atoms with Gasteiger partial charge in [0.25, 0.3) is 11.5 Å². The topological polar surface area (TPSA) is 89.0 Å². The predicted octanol–water partition coefficient (Wildman–Crippen LogP) is 2.56. The molecule has 3 heterocycles. The number of nitrogens with one attached hydrogen (secondary N) is 2. The number of carbonyl (C=O) groups is 1. The lowest BCUT2D eigenvalue weighted by Crippen LogP contribution is -2.30. The highest BCUT2D eigenvalue weighted by Crippen LogP contribution is 2.20. The Balaban J connectivity index is 1.19. The lowest BCUT2D eigenvalue weighted by atomic mass is 10.1. The molecule has 30 heavy (non-hydrogen) atoms. The molecule has 0 aliphatic carbocycles. The van der Waals surface area contributed by atoms with Crippen molar-refractivity contribution >= 4 is 27.7 Å². The van der Waals surface area contributed by atoms with E-state index in [1.54, 1.807) is 22.8 Å². The van der Waals surface area contributed by atoms with E-state index in [-0.39, 0.29) is 18.1 Å². The van der Waals surface area contributed by atoms with Crippen molar-refractivity contribution in [1.82, 2.24) is 19.9 Å². The first-order chi connectivity index (χ1) is 14.7. The first kappa shape index (κ1) is 18.4. The van der Waals surface area contributed by atoms with Crippen LogP contribution in [0.4, 0.5) is 0 Å². The summed E-state index contributed by atoms with van der Waals surface area (Å²) in [5.74, 6) is 1.14. The highest BCUT2D eigenvalue weighted by Gasteiger charge is 2.16. The highest BCUT2D eigenvalue weighted by molar-refractivity contribution is 5.83. The summed E-state index contributed by atoms with van der Waals surface area (Å²) in [6.07, 6.45) is 4.49. The fourth-order valence-electron chi connectivity index (χ4n) is 4.03. The van der Waals surface area contributed by atoms with Gasteiger partial charge in [0.2, 0.25) is 0 Å². The standard InChI is InChI=1S/C23H22N4O3/c28-22(24-10-9-15-13-25-19-5-2-1-4-17(15)19)14-30-16-7-8-20-18(12-16)23(29)27-11-3-6-21(27)26-20/h1-2,4-5,7-8,12-13,25H,3,6,9-11,14H2,(H,24,28). The van der Waals surface area contributed by atoms with Crippen molar-refractivity contribution in [2.24, 2.45) is 0 Å². The van der Waals surface area contributed by atoms with Crippen LogP contribution in [-0.2, 0) is 24.2 Å². The Kier molecular flexibility index (Phi) is 4.71. The molecule has 0 atom stereocenters. The molecule has 0 radical (unpaired) electrons. The molecule has 1 aliphatic heterocycles. The van der Waals surface area contributed by atoms with Crippen LogP contribution in [0.2, 0.25) is 0 Å². The molecule has 1 amide bonds. The quantitative estimate of drug-likeness (QED) is 0.519. The van der Waals surface area contributed by atoms with Gasteiger partial charge in [-0.15, -0.1) is 0 Å². The van der Waals surface area contributed by atoms with Gasteiger partial charge < -0.3 is 15.0 Å². The average Bonchev–Trinajstić information content (AvgIpc) is 3.40. The van der Waals surface area contributed by atoms with Gasteiger partial charge in [0.1, 0.15) is 11.6 Å².